The third-order valence-corrected chi connectivity index (χ3v) is 4.04. The molecule has 0 unspecified atom stereocenters. The van der Waals surface area contributed by atoms with Crippen LogP contribution in [0, 0.1) is 11.8 Å². The maximum atomic E-state index is 12.4. The number of ether oxygens (including phenoxy) is 1. The summed E-state index contributed by atoms with van der Waals surface area (Å²) in [5, 5.41) is 2.90. The Morgan fingerprint density at radius 2 is 1.96 bits per heavy atom. The number of aromatic nitrogens is 2. The molecule has 5 nitrogen and oxygen atoms in total. The van der Waals surface area contributed by atoms with Crippen LogP contribution in [-0.2, 0) is 6.54 Å². The molecule has 0 aliphatic rings. The lowest BCUT2D eigenvalue weighted by Crippen LogP contribution is -2.23. The summed E-state index contributed by atoms with van der Waals surface area (Å²) in [4.78, 5) is 21.0. The number of nitrogens with zero attached hydrogens (tertiary/aromatic N) is 2. The molecule has 3 rings (SSSR count). The van der Waals surface area contributed by atoms with Crippen LogP contribution in [0.4, 0.5) is 0 Å². The van der Waals surface area contributed by atoms with Gasteiger partial charge in [0, 0.05) is 25.6 Å². The van der Waals surface area contributed by atoms with Crippen molar-refractivity contribution in [2.45, 2.75) is 32.7 Å². The van der Waals surface area contributed by atoms with Crippen molar-refractivity contribution in [3.63, 3.8) is 0 Å². The molecule has 0 fully saturated rings. The van der Waals surface area contributed by atoms with E-state index in [0.717, 1.165) is 29.7 Å². The van der Waals surface area contributed by atoms with Gasteiger partial charge in [-0.15, -0.1) is 5.92 Å². The summed E-state index contributed by atoms with van der Waals surface area (Å²) in [6, 6.07) is 14.8. The van der Waals surface area contributed by atoms with Crippen molar-refractivity contribution >= 4 is 16.9 Å². The van der Waals surface area contributed by atoms with Crippen LogP contribution in [0.2, 0.25) is 0 Å². The monoisotopic (exact) mass is 373 g/mol. The fourth-order valence-corrected chi connectivity index (χ4v) is 2.62. The topological polar surface area (TPSA) is 64.1 Å². The van der Waals surface area contributed by atoms with Crippen LogP contribution >= 0.6 is 0 Å². The van der Waals surface area contributed by atoms with Crippen LogP contribution in [-0.4, -0.2) is 22.5 Å². The van der Waals surface area contributed by atoms with Crippen LogP contribution in [0.25, 0.3) is 11.0 Å². The van der Waals surface area contributed by atoms with Crippen molar-refractivity contribution in [1.82, 2.24) is 15.3 Å². The van der Waals surface area contributed by atoms with Gasteiger partial charge in [-0.05, 0) is 48.4 Å². The molecule has 1 amide bonds. The molecular weight excluding hydrogens is 350 g/mol. The number of carbonyl (C=O) groups excluding carboxylic acids is 1. The van der Waals surface area contributed by atoms with Gasteiger partial charge in [-0.3, -0.25) is 9.78 Å². The molecule has 1 N–H and O–H groups in total. The summed E-state index contributed by atoms with van der Waals surface area (Å²) in [5.41, 5.74) is 2.81. The molecule has 0 saturated carbocycles. The molecule has 0 aliphatic heterocycles. The number of hydrogen-bond donors (Lipinski definition) is 1. The molecule has 5 heteroatoms. The first-order valence-electron chi connectivity index (χ1n) is 9.43. The predicted octanol–water partition coefficient (Wildman–Crippen LogP) is 4.13. The first kappa shape index (κ1) is 19.4. The van der Waals surface area contributed by atoms with Crippen LogP contribution < -0.4 is 10.1 Å². The van der Waals surface area contributed by atoms with E-state index in [4.69, 9.17) is 4.74 Å². The van der Waals surface area contributed by atoms with E-state index >= 15 is 0 Å². The summed E-state index contributed by atoms with van der Waals surface area (Å²) in [6.45, 7) is 3.07. The molecule has 0 bridgehead atoms. The van der Waals surface area contributed by atoms with E-state index < -0.39 is 0 Å². The van der Waals surface area contributed by atoms with Crippen molar-refractivity contribution < 1.29 is 9.53 Å². The summed E-state index contributed by atoms with van der Waals surface area (Å²) < 4.78 is 5.73. The van der Waals surface area contributed by atoms with Gasteiger partial charge in [0.15, 0.2) is 0 Å². The van der Waals surface area contributed by atoms with E-state index in [-0.39, 0.29) is 5.91 Å². The Morgan fingerprint density at radius 3 is 2.86 bits per heavy atom. The summed E-state index contributed by atoms with van der Waals surface area (Å²) in [7, 11) is 0. The van der Waals surface area contributed by atoms with Gasteiger partial charge in [0.05, 0.1) is 17.6 Å². The van der Waals surface area contributed by atoms with E-state index in [1.54, 1.807) is 24.4 Å². The van der Waals surface area contributed by atoms with Crippen molar-refractivity contribution in [3.05, 3.63) is 66.0 Å². The zero-order valence-electron chi connectivity index (χ0n) is 15.9. The fraction of sp³-hybridized carbons (Fsp3) is 0.261. The van der Waals surface area contributed by atoms with E-state index in [0.29, 0.717) is 30.8 Å². The Bertz CT molecular complexity index is 1010. The number of benzene rings is 1. The minimum atomic E-state index is -0.219. The molecule has 3 aromatic rings. The Kier molecular flexibility index (Phi) is 6.97. The minimum absolute atomic E-state index is 0.219. The fourth-order valence-electron chi connectivity index (χ4n) is 2.62. The van der Waals surface area contributed by atoms with Gasteiger partial charge in [-0.2, -0.15) is 0 Å². The van der Waals surface area contributed by atoms with Crippen LogP contribution in [0.1, 0.15) is 42.2 Å². The summed E-state index contributed by atoms with van der Waals surface area (Å²) in [5.74, 6) is 6.76. The maximum absolute atomic E-state index is 12.4. The molecule has 28 heavy (non-hydrogen) atoms. The molecular formula is C23H23N3O2. The Labute approximate surface area is 165 Å². The second-order valence-electron chi connectivity index (χ2n) is 6.27. The number of rotatable bonds is 7. The Balaban J connectivity index is 1.53. The zero-order valence-corrected chi connectivity index (χ0v) is 15.9. The Morgan fingerprint density at radius 1 is 1.07 bits per heavy atom. The number of unbranched alkanes of at least 4 members (excludes halogenated alkanes) is 1. The lowest BCUT2D eigenvalue weighted by molar-refractivity contribution is 0.0946. The number of carbonyl (C=O) groups is 1. The lowest BCUT2D eigenvalue weighted by Gasteiger charge is -2.08. The first-order valence-corrected chi connectivity index (χ1v) is 9.43. The third kappa shape index (κ3) is 5.55. The molecule has 2 heterocycles. The zero-order chi connectivity index (χ0) is 19.6. The van der Waals surface area contributed by atoms with Crippen molar-refractivity contribution in [2.75, 3.05) is 6.61 Å². The highest BCUT2D eigenvalue weighted by molar-refractivity contribution is 5.94. The highest BCUT2D eigenvalue weighted by Gasteiger charge is 2.08. The van der Waals surface area contributed by atoms with Crippen LogP contribution in [0.3, 0.4) is 0 Å². The van der Waals surface area contributed by atoms with Crippen LogP contribution in [0.15, 0.2) is 54.7 Å². The maximum Gasteiger partial charge on any atom is 0.270 e. The van der Waals surface area contributed by atoms with Gasteiger partial charge in [-0.1, -0.05) is 25.0 Å². The molecule has 1 aromatic carbocycles. The van der Waals surface area contributed by atoms with Crippen molar-refractivity contribution in [3.8, 4) is 17.6 Å². The molecule has 0 aliphatic carbocycles. The quantitative estimate of drug-likeness (QED) is 0.500. The van der Waals surface area contributed by atoms with Gasteiger partial charge in [-0.25, -0.2) is 4.98 Å². The first-order chi connectivity index (χ1) is 13.8. The molecule has 0 radical (unpaired) electrons. The number of nitrogens with one attached hydrogen (secondary N) is 1. The van der Waals surface area contributed by atoms with Gasteiger partial charge in [0.2, 0.25) is 0 Å². The summed E-state index contributed by atoms with van der Waals surface area (Å²) >= 11 is 0. The standard InChI is InChI=1S/C23H23N3O2/c1-2-3-4-5-6-15-28-19-10-7-9-18(16-19)17-25-23(27)22-13-12-20-21(26-22)11-8-14-24-20/h7-14,16H,2-3,6,15,17H2,1H3,(H,25,27). The van der Waals surface area contributed by atoms with E-state index in [1.807, 2.05) is 30.3 Å². The number of amides is 1. The van der Waals surface area contributed by atoms with Crippen molar-refractivity contribution in [2.24, 2.45) is 0 Å². The second kappa shape index (κ2) is 10.1. The highest BCUT2D eigenvalue weighted by Crippen LogP contribution is 2.14. The number of hydrogen-bond acceptors (Lipinski definition) is 4. The average molecular weight is 373 g/mol. The lowest BCUT2D eigenvalue weighted by atomic mass is 10.2. The van der Waals surface area contributed by atoms with Crippen LogP contribution in [0.5, 0.6) is 5.75 Å². The average Bonchev–Trinajstić information content (AvgIpc) is 2.74. The Hall–Kier alpha value is -3.39. The molecule has 0 saturated heterocycles. The van der Waals surface area contributed by atoms with Gasteiger partial charge in [0.25, 0.3) is 5.91 Å². The smallest absolute Gasteiger partial charge is 0.270 e. The molecule has 2 aromatic heterocycles. The van der Waals surface area contributed by atoms with E-state index in [2.05, 4.69) is 34.0 Å². The predicted molar refractivity (Wildman–Crippen MR) is 110 cm³/mol. The molecule has 142 valence electrons. The third-order valence-electron chi connectivity index (χ3n) is 4.04. The summed E-state index contributed by atoms with van der Waals surface area (Å²) in [6.07, 6.45) is 4.42. The number of fused-ring (bicyclic) bond motifs is 1. The van der Waals surface area contributed by atoms with Gasteiger partial charge >= 0.3 is 0 Å². The molecule has 0 spiro atoms. The van der Waals surface area contributed by atoms with E-state index in [1.165, 1.54) is 0 Å². The highest BCUT2D eigenvalue weighted by atomic mass is 16.5. The van der Waals surface area contributed by atoms with E-state index in [9.17, 15) is 4.79 Å². The normalized spacial score (nSPS) is 10.2. The largest absolute Gasteiger partial charge is 0.493 e. The van der Waals surface area contributed by atoms with Gasteiger partial charge in [0.1, 0.15) is 11.4 Å². The second-order valence-corrected chi connectivity index (χ2v) is 6.27. The van der Waals surface area contributed by atoms with Crippen molar-refractivity contribution in [1.29, 1.82) is 0 Å². The SMILES string of the molecule is CCCC#CCCOc1cccc(CNC(=O)c2ccc3ncccc3n2)c1. The number of pyridine rings is 2. The molecule has 0 atom stereocenters. The minimum Gasteiger partial charge on any atom is -0.493 e. The van der Waals surface area contributed by atoms with Gasteiger partial charge < -0.3 is 10.1 Å².